The molecule has 1 saturated carbocycles. The van der Waals surface area contributed by atoms with Crippen molar-refractivity contribution in [3.63, 3.8) is 0 Å². The Morgan fingerprint density at radius 2 is 1.97 bits per heavy atom. The van der Waals surface area contributed by atoms with Crippen LogP contribution in [0.15, 0.2) is 59.2 Å². The normalized spacial score (nSPS) is 14.4. The third kappa shape index (κ3) is 6.77. The van der Waals surface area contributed by atoms with E-state index in [1.54, 1.807) is 42.5 Å². The molecule has 2 N–H and O–H groups in total. The number of rotatable bonds is 12. The van der Waals surface area contributed by atoms with Crippen molar-refractivity contribution in [2.45, 2.75) is 38.4 Å². The Hall–Kier alpha value is -3.50. The zero-order chi connectivity index (χ0) is 24.6. The number of nitrogens with one attached hydrogen (secondary N) is 1. The number of carbonyl (C=O) groups excluding carboxylic acids is 1. The van der Waals surface area contributed by atoms with E-state index in [4.69, 9.17) is 14.0 Å². The molecule has 1 fully saturated rings. The van der Waals surface area contributed by atoms with Crippen molar-refractivity contribution in [1.82, 2.24) is 10.5 Å². The van der Waals surface area contributed by atoms with Crippen LogP contribution in [0.2, 0.25) is 0 Å². The van der Waals surface area contributed by atoms with E-state index in [1.165, 1.54) is 12.3 Å². The van der Waals surface area contributed by atoms with Crippen LogP contribution < -0.4 is 15.0 Å². The van der Waals surface area contributed by atoms with Gasteiger partial charge in [-0.05, 0) is 49.1 Å². The molecule has 1 amide bonds. The molecule has 10 heteroatoms. The summed E-state index contributed by atoms with van der Waals surface area (Å²) in [5.74, 6) is 0.337. The van der Waals surface area contributed by atoms with Crippen molar-refractivity contribution >= 4 is 5.91 Å². The molecule has 1 aliphatic carbocycles. The molecule has 2 aromatic carbocycles. The lowest BCUT2D eigenvalue weighted by Crippen LogP contribution is -2.33. The highest BCUT2D eigenvalue weighted by molar-refractivity contribution is 5.93. The molecule has 1 atom stereocenters. The van der Waals surface area contributed by atoms with E-state index in [0.717, 1.165) is 19.3 Å². The van der Waals surface area contributed by atoms with Crippen LogP contribution in [-0.2, 0) is 11.3 Å². The Labute approximate surface area is 200 Å². The number of hydrogen-bond donors (Lipinski definition) is 2. The molecular formula is C25H26F2N2O6. The zero-order valence-electron chi connectivity index (χ0n) is 18.9. The summed E-state index contributed by atoms with van der Waals surface area (Å²) in [7, 11) is 0. The average molecular weight is 488 g/mol. The third-order valence-electron chi connectivity index (χ3n) is 5.65. The molecule has 0 radical (unpaired) electrons. The predicted molar refractivity (Wildman–Crippen MR) is 121 cm³/mol. The second-order valence-electron chi connectivity index (χ2n) is 8.22. The second kappa shape index (κ2) is 11.8. The maximum Gasteiger partial charge on any atom is 0.387 e. The molecule has 0 spiro atoms. The molecule has 186 valence electrons. The molecule has 1 aliphatic rings. The van der Waals surface area contributed by atoms with Crippen LogP contribution in [0.5, 0.6) is 11.5 Å². The van der Waals surface area contributed by atoms with E-state index in [1.807, 2.05) is 0 Å². The first-order valence-electron chi connectivity index (χ1n) is 11.3. The van der Waals surface area contributed by atoms with E-state index < -0.39 is 18.6 Å². The first-order chi connectivity index (χ1) is 17.0. The summed E-state index contributed by atoms with van der Waals surface area (Å²) in [4.78, 5) is 21.9. The predicted octanol–water partition coefficient (Wildman–Crippen LogP) is 4.39. The minimum absolute atomic E-state index is 0.0576. The van der Waals surface area contributed by atoms with E-state index in [9.17, 15) is 18.7 Å². The van der Waals surface area contributed by atoms with Crippen molar-refractivity contribution in [2.75, 3.05) is 13.2 Å². The van der Waals surface area contributed by atoms with Gasteiger partial charge in [-0.25, -0.2) is 10.5 Å². The molecule has 0 bridgehead atoms. The number of alkyl halides is 2. The Kier molecular flexibility index (Phi) is 8.27. The summed E-state index contributed by atoms with van der Waals surface area (Å²) in [5, 5.41) is 9.64. The fraction of sp³-hybridized carbons (Fsp3) is 0.360. The molecule has 1 heterocycles. The number of halogens is 2. The number of aliphatic hydroxyl groups excluding tert-OH is 1. The standard InChI is InChI=1S/C25H26F2N2O6/c26-25(27)34-21-10-9-18(11-22(21)32-14-16-5-4-6-16)24-28-19(15-33-24)12-20(13-30)35-29-23(31)17-7-2-1-3-8-17/h1-3,7-11,15-16,20,25,30H,4-6,12-14H2,(H,29,31). The quantitative estimate of drug-likeness (QED) is 0.365. The molecule has 1 aromatic heterocycles. The summed E-state index contributed by atoms with van der Waals surface area (Å²) in [5.41, 5.74) is 3.72. The second-order valence-corrected chi connectivity index (χ2v) is 8.22. The van der Waals surface area contributed by atoms with E-state index in [2.05, 4.69) is 15.2 Å². The Morgan fingerprint density at radius 3 is 2.66 bits per heavy atom. The van der Waals surface area contributed by atoms with Crippen LogP contribution in [0.3, 0.4) is 0 Å². The van der Waals surface area contributed by atoms with Crippen molar-refractivity contribution in [1.29, 1.82) is 0 Å². The monoisotopic (exact) mass is 488 g/mol. The molecule has 3 aromatic rings. The number of benzene rings is 2. The van der Waals surface area contributed by atoms with Gasteiger partial charge in [0.1, 0.15) is 12.4 Å². The average Bonchev–Trinajstić information content (AvgIpc) is 3.30. The molecule has 1 unspecified atom stereocenters. The van der Waals surface area contributed by atoms with Gasteiger partial charge in [0.15, 0.2) is 11.5 Å². The zero-order valence-corrected chi connectivity index (χ0v) is 18.9. The first-order valence-corrected chi connectivity index (χ1v) is 11.3. The summed E-state index contributed by atoms with van der Waals surface area (Å²) < 4.78 is 41.5. The van der Waals surface area contributed by atoms with Gasteiger partial charge in [-0.15, -0.1) is 0 Å². The third-order valence-corrected chi connectivity index (χ3v) is 5.65. The van der Waals surface area contributed by atoms with Gasteiger partial charge in [-0.1, -0.05) is 24.6 Å². The van der Waals surface area contributed by atoms with Gasteiger partial charge in [0.05, 0.1) is 18.9 Å². The lowest BCUT2D eigenvalue weighted by molar-refractivity contribution is -0.0517. The Balaban J connectivity index is 1.40. The molecule has 0 saturated heterocycles. The Morgan fingerprint density at radius 1 is 1.17 bits per heavy atom. The van der Waals surface area contributed by atoms with E-state index in [-0.39, 0.29) is 30.4 Å². The minimum atomic E-state index is -2.97. The lowest BCUT2D eigenvalue weighted by Gasteiger charge is -2.25. The van der Waals surface area contributed by atoms with Crippen LogP contribution >= 0.6 is 0 Å². The minimum Gasteiger partial charge on any atom is -0.489 e. The number of aliphatic hydroxyl groups is 1. The Bertz CT molecular complexity index is 1100. The van der Waals surface area contributed by atoms with Gasteiger partial charge in [0.2, 0.25) is 5.89 Å². The highest BCUT2D eigenvalue weighted by Gasteiger charge is 2.21. The number of aromatic nitrogens is 1. The molecular weight excluding hydrogens is 462 g/mol. The number of hydrogen-bond acceptors (Lipinski definition) is 7. The summed E-state index contributed by atoms with van der Waals surface area (Å²) in [6, 6.07) is 13.0. The van der Waals surface area contributed by atoms with Crippen molar-refractivity contribution in [2.24, 2.45) is 5.92 Å². The lowest BCUT2D eigenvalue weighted by atomic mass is 9.86. The van der Waals surface area contributed by atoms with Crippen LogP contribution in [0.1, 0.15) is 35.3 Å². The molecule has 4 rings (SSSR count). The highest BCUT2D eigenvalue weighted by atomic mass is 19.3. The fourth-order valence-corrected chi connectivity index (χ4v) is 3.51. The van der Waals surface area contributed by atoms with E-state index >= 15 is 0 Å². The fourth-order valence-electron chi connectivity index (χ4n) is 3.51. The number of oxazole rings is 1. The van der Waals surface area contributed by atoms with Crippen LogP contribution in [0.25, 0.3) is 11.5 Å². The number of carbonyl (C=O) groups is 1. The maximum atomic E-state index is 12.8. The topological polar surface area (TPSA) is 103 Å². The van der Waals surface area contributed by atoms with Gasteiger partial charge >= 0.3 is 6.61 Å². The smallest absolute Gasteiger partial charge is 0.387 e. The summed E-state index contributed by atoms with van der Waals surface area (Å²) in [6.07, 6.45) is 4.04. The van der Waals surface area contributed by atoms with E-state index in [0.29, 0.717) is 29.3 Å². The van der Waals surface area contributed by atoms with Crippen LogP contribution in [0.4, 0.5) is 8.78 Å². The van der Waals surface area contributed by atoms with Crippen molar-refractivity contribution < 1.29 is 37.4 Å². The first kappa shape index (κ1) is 24.6. The number of nitrogens with zero attached hydrogens (tertiary/aromatic N) is 1. The van der Waals surface area contributed by atoms with Gasteiger partial charge in [0.25, 0.3) is 5.91 Å². The molecule has 35 heavy (non-hydrogen) atoms. The highest BCUT2D eigenvalue weighted by Crippen LogP contribution is 2.35. The number of ether oxygens (including phenoxy) is 2. The van der Waals surface area contributed by atoms with Crippen LogP contribution in [-0.4, -0.2) is 41.9 Å². The maximum absolute atomic E-state index is 12.8. The molecule has 8 nitrogen and oxygen atoms in total. The number of amides is 1. The van der Waals surface area contributed by atoms with Crippen molar-refractivity contribution in [3.8, 4) is 23.0 Å². The molecule has 0 aliphatic heterocycles. The summed E-state index contributed by atoms with van der Waals surface area (Å²) in [6.45, 7) is -2.92. The van der Waals surface area contributed by atoms with Gasteiger partial charge in [-0.3, -0.25) is 9.63 Å². The number of hydroxylamine groups is 1. The van der Waals surface area contributed by atoms with Crippen molar-refractivity contribution in [3.05, 3.63) is 66.1 Å². The SMILES string of the molecule is O=C(NOC(CO)Cc1coc(-c2ccc(OC(F)F)c(OCC3CCC3)c2)n1)c1ccccc1. The van der Waals surface area contributed by atoms with Gasteiger partial charge in [0, 0.05) is 17.5 Å². The summed E-state index contributed by atoms with van der Waals surface area (Å²) >= 11 is 0. The van der Waals surface area contributed by atoms with Gasteiger partial charge in [-0.2, -0.15) is 8.78 Å². The van der Waals surface area contributed by atoms with Crippen LogP contribution in [0, 0.1) is 5.92 Å². The van der Waals surface area contributed by atoms with Gasteiger partial charge < -0.3 is 19.0 Å². The largest absolute Gasteiger partial charge is 0.489 e.